The van der Waals surface area contributed by atoms with Crippen LogP contribution in [0.3, 0.4) is 0 Å². The molecule has 1 aromatic rings. The van der Waals surface area contributed by atoms with Gasteiger partial charge in [-0.25, -0.2) is 0 Å². The zero-order valence-electron chi connectivity index (χ0n) is 10.8. The van der Waals surface area contributed by atoms with Crippen LogP contribution in [0.25, 0.3) is 0 Å². The summed E-state index contributed by atoms with van der Waals surface area (Å²) in [5, 5.41) is 0. The van der Waals surface area contributed by atoms with E-state index in [0.29, 0.717) is 5.56 Å². The number of benzene rings is 1. The summed E-state index contributed by atoms with van der Waals surface area (Å²) < 4.78 is 0. The lowest BCUT2D eigenvalue weighted by atomic mass is 10.0. The van der Waals surface area contributed by atoms with Crippen LogP contribution in [0.15, 0.2) is 24.3 Å². The van der Waals surface area contributed by atoms with Gasteiger partial charge in [0.15, 0.2) is 0 Å². The number of nitrogens with two attached hydrogens (primary N) is 1. The van der Waals surface area contributed by atoms with E-state index in [1.54, 1.807) is 6.07 Å². The van der Waals surface area contributed by atoms with Crippen LogP contribution in [0, 0.1) is 0 Å². The Morgan fingerprint density at radius 1 is 1.24 bits per heavy atom. The second kappa shape index (κ2) is 7.07. The van der Waals surface area contributed by atoms with E-state index in [1.165, 1.54) is 0 Å². The number of likely N-dealkylation sites (N-methyl/N-ethyl adjacent to an activating group) is 1. The smallest absolute Gasteiger partial charge is 0.248 e. The van der Waals surface area contributed by atoms with Gasteiger partial charge in [0.1, 0.15) is 0 Å². The van der Waals surface area contributed by atoms with Gasteiger partial charge in [-0.2, -0.15) is 0 Å². The Bertz CT molecular complexity index is 363. The van der Waals surface area contributed by atoms with Crippen LogP contribution in [-0.4, -0.2) is 30.4 Å². The summed E-state index contributed by atoms with van der Waals surface area (Å²) in [5.41, 5.74) is 7.06. The van der Waals surface area contributed by atoms with Crippen LogP contribution in [0.1, 0.15) is 36.2 Å². The number of carbonyl (C=O) groups is 1. The van der Waals surface area contributed by atoms with Crippen molar-refractivity contribution in [2.45, 2.75) is 26.7 Å². The predicted octanol–water partition coefficient (Wildman–Crippen LogP) is 2.06. The summed E-state index contributed by atoms with van der Waals surface area (Å²) in [6.07, 6.45) is 2.04. The molecule has 0 aromatic heterocycles. The second-order valence-electron chi connectivity index (χ2n) is 4.21. The second-order valence-corrected chi connectivity index (χ2v) is 4.21. The van der Waals surface area contributed by atoms with Gasteiger partial charge in [0.2, 0.25) is 5.91 Å². The van der Waals surface area contributed by atoms with Crippen molar-refractivity contribution in [2.75, 3.05) is 19.6 Å². The van der Waals surface area contributed by atoms with E-state index in [-0.39, 0.29) is 5.91 Å². The maximum Gasteiger partial charge on any atom is 0.248 e. The molecule has 0 aliphatic heterocycles. The average Bonchev–Trinajstić information content (AvgIpc) is 2.34. The van der Waals surface area contributed by atoms with E-state index in [2.05, 4.69) is 18.7 Å². The first-order chi connectivity index (χ1) is 8.19. The molecule has 1 aromatic carbocycles. The van der Waals surface area contributed by atoms with E-state index in [9.17, 15) is 4.79 Å². The fourth-order valence-electron chi connectivity index (χ4n) is 2.00. The minimum absolute atomic E-state index is 0.334. The molecule has 3 heteroatoms. The largest absolute Gasteiger partial charge is 0.366 e. The van der Waals surface area contributed by atoms with Crippen LogP contribution in [0.5, 0.6) is 0 Å². The first-order valence-corrected chi connectivity index (χ1v) is 6.29. The summed E-state index contributed by atoms with van der Waals surface area (Å²) in [4.78, 5) is 13.7. The number of nitrogens with zero attached hydrogens (tertiary/aromatic N) is 1. The Morgan fingerprint density at radius 3 is 2.53 bits per heavy atom. The van der Waals surface area contributed by atoms with Gasteiger partial charge in [0.05, 0.1) is 0 Å². The molecule has 3 nitrogen and oxygen atoms in total. The normalized spacial score (nSPS) is 10.8. The highest BCUT2D eigenvalue weighted by Gasteiger charge is 2.08. The fraction of sp³-hybridized carbons (Fsp3) is 0.500. The molecule has 0 saturated carbocycles. The highest BCUT2D eigenvalue weighted by atomic mass is 16.1. The number of primary amides is 1. The van der Waals surface area contributed by atoms with Gasteiger partial charge in [0, 0.05) is 12.1 Å². The van der Waals surface area contributed by atoms with Crippen LogP contribution in [0.4, 0.5) is 0 Å². The van der Waals surface area contributed by atoms with E-state index in [1.807, 2.05) is 18.2 Å². The van der Waals surface area contributed by atoms with Crippen molar-refractivity contribution in [3.05, 3.63) is 35.4 Å². The standard InChI is InChI=1S/C14H22N2O/c1-3-10-16(4-2)11-9-12-7-5-6-8-13(12)14(15)17/h5-8H,3-4,9-11H2,1-2H3,(H2,15,17). The summed E-state index contributed by atoms with van der Waals surface area (Å²) in [6, 6.07) is 7.60. The van der Waals surface area contributed by atoms with Crippen LogP contribution in [0.2, 0.25) is 0 Å². The van der Waals surface area contributed by atoms with Crippen molar-refractivity contribution >= 4 is 5.91 Å². The molecule has 0 unspecified atom stereocenters. The third kappa shape index (κ3) is 4.19. The van der Waals surface area contributed by atoms with Crippen molar-refractivity contribution < 1.29 is 4.79 Å². The minimum Gasteiger partial charge on any atom is -0.366 e. The molecule has 94 valence electrons. The van der Waals surface area contributed by atoms with Crippen LogP contribution < -0.4 is 5.73 Å². The Kier molecular flexibility index (Phi) is 5.70. The number of hydrogen-bond donors (Lipinski definition) is 1. The van der Waals surface area contributed by atoms with Gasteiger partial charge in [-0.15, -0.1) is 0 Å². The van der Waals surface area contributed by atoms with Crippen molar-refractivity contribution in [2.24, 2.45) is 5.73 Å². The van der Waals surface area contributed by atoms with Crippen molar-refractivity contribution in [1.82, 2.24) is 4.90 Å². The zero-order chi connectivity index (χ0) is 12.7. The zero-order valence-corrected chi connectivity index (χ0v) is 10.8. The number of hydrogen-bond acceptors (Lipinski definition) is 2. The molecule has 0 saturated heterocycles. The Labute approximate surface area is 104 Å². The highest BCUT2D eigenvalue weighted by molar-refractivity contribution is 5.94. The quantitative estimate of drug-likeness (QED) is 0.785. The van der Waals surface area contributed by atoms with Crippen molar-refractivity contribution in [3.8, 4) is 0 Å². The topological polar surface area (TPSA) is 46.3 Å². The summed E-state index contributed by atoms with van der Waals surface area (Å²) in [6.45, 7) is 7.48. The van der Waals surface area contributed by atoms with Gasteiger partial charge in [-0.3, -0.25) is 4.79 Å². The average molecular weight is 234 g/mol. The van der Waals surface area contributed by atoms with Gasteiger partial charge < -0.3 is 10.6 Å². The predicted molar refractivity (Wildman–Crippen MR) is 71.1 cm³/mol. The molecule has 0 aliphatic carbocycles. The number of amides is 1. The lowest BCUT2D eigenvalue weighted by Crippen LogP contribution is -2.27. The molecule has 17 heavy (non-hydrogen) atoms. The number of rotatable bonds is 7. The Morgan fingerprint density at radius 2 is 1.94 bits per heavy atom. The molecular weight excluding hydrogens is 212 g/mol. The van der Waals surface area contributed by atoms with Crippen LogP contribution >= 0.6 is 0 Å². The monoisotopic (exact) mass is 234 g/mol. The first kappa shape index (κ1) is 13.7. The molecule has 0 fully saturated rings. The molecule has 0 aliphatic rings. The maximum atomic E-state index is 11.3. The van der Waals surface area contributed by atoms with Crippen molar-refractivity contribution in [3.63, 3.8) is 0 Å². The van der Waals surface area contributed by atoms with E-state index >= 15 is 0 Å². The molecule has 0 atom stereocenters. The molecule has 0 radical (unpaired) electrons. The Hall–Kier alpha value is -1.35. The van der Waals surface area contributed by atoms with E-state index < -0.39 is 0 Å². The van der Waals surface area contributed by atoms with E-state index in [0.717, 1.165) is 38.0 Å². The SMILES string of the molecule is CCCN(CC)CCc1ccccc1C(N)=O. The molecule has 2 N–H and O–H groups in total. The number of carbonyl (C=O) groups excluding carboxylic acids is 1. The molecular formula is C14H22N2O. The first-order valence-electron chi connectivity index (χ1n) is 6.29. The minimum atomic E-state index is -0.334. The molecule has 1 amide bonds. The summed E-state index contributed by atoms with van der Waals surface area (Å²) in [7, 11) is 0. The van der Waals surface area contributed by atoms with Gasteiger partial charge in [0.25, 0.3) is 0 Å². The molecule has 0 bridgehead atoms. The highest BCUT2D eigenvalue weighted by Crippen LogP contribution is 2.09. The van der Waals surface area contributed by atoms with Crippen molar-refractivity contribution in [1.29, 1.82) is 0 Å². The van der Waals surface area contributed by atoms with Crippen LogP contribution in [-0.2, 0) is 6.42 Å². The lowest BCUT2D eigenvalue weighted by molar-refractivity contribution is 0.0999. The summed E-state index contributed by atoms with van der Waals surface area (Å²) in [5.74, 6) is -0.334. The molecule has 1 rings (SSSR count). The van der Waals surface area contributed by atoms with E-state index in [4.69, 9.17) is 5.73 Å². The maximum absolute atomic E-state index is 11.3. The third-order valence-electron chi connectivity index (χ3n) is 2.97. The van der Waals surface area contributed by atoms with Gasteiger partial charge >= 0.3 is 0 Å². The van der Waals surface area contributed by atoms with Gasteiger partial charge in [-0.05, 0) is 37.6 Å². The lowest BCUT2D eigenvalue weighted by Gasteiger charge is -2.19. The molecule has 0 heterocycles. The Balaban J connectivity index is 2.65. The summed E-state index contributed by atoms with van der Waals surface area (Å²) >= 11 is 0. The van der Waals surface area contributed by atoms with Gasteiger partial charge in [-0.1, -0.05) is 32.0 Å². The molecule has 0 spiro atoms. The third-order valence-corrected chi connectivity index (χ3v) is 2.97. The fourth-order valence-corrected chi connectivity index (χ4v) is 2.00.